The maximum Gasteiger partial charge on any atom is 0.269 e. The Morgan fingerprint density at radius 1 is 1.17 bits per heavy atom. The minimum atomic E-state index is -4.03. The molecule has 0 bridgehead atoms. The molecule has 6 nitrogen and oxygen atoms in total. The second-order valence-corrected chi connectivity index (χ2v) is 6.36. The van der Waals surface area contributed by atoms with Crippen LogP contribution in [0.25, 0.3) is 0 Å². The van der Waals surface area contributed by atoms with Gasteiger partial charge >= 0.3 is 0 Å². The van der Waals surface area contributed by atoms with Crippen LogP contribution in [0, 0.1) is 22.5 Å². The van der Waals surface area contributed by atoms with Gasteiger partial charge in [0.1, 0.15) is 0 Å². The lowest BCUT2D eigenvalue weighted by molar-refractivity contribution is -0.384. The summed E-state index contributed by atoms with van der Waals surface area (Å²) in [7, 11) is -4.03. The summed E-state index contributed by atoms with van der Waals surface area (Å²) in [5, 5.41) is 10.7. The monoisotopic (exact) mass is 340 g/mol. The van der Waals surface area contributed by atoms with Crippen molar-refractivity contribution >= 4 is 21.4 Å². The maximum atomic E-state index is 12.9. The van der Waals surface area contributed by atoms with E-state index in [1.165, 1.54) is 0 Å². The first kappa shape index (κ1) is 17.0. The Morgan fingerprint density at radius 2 is 1.79 bits per heavy atom. The molecule has 2 rings (SSSR count). The maximum absolute atomic E-state index is 12.9. The molecule has 0 unspecified atom stereocenters. The Hall–Kier alpha value is -3.33. The van der Waals surface area contributed by atoms with Gasteiger partial charge in [0.15, 0.2) is 0 Å². The van der Waals surface area contributed by atoms with Gasteiger partial charge in [-0.25, -0.2) is 12.7 Å². The SMILES string of the molecule is C#Cc1ccccc1N(C=C=C)S(=O)(=O)c1ccc([N+](=O)[O-])cc1. The second kappa shape index (κ2) is 6.84. The zero-order valence-corrected chi connectivity index (χ0v) is 13.2. The molecular formula is C17H12N2O4S. The number of nitro benzene ring substituents is 1. The largest absolute Gasteiger partial charge is 0.269 e. The minimum Gasteiger partial charge on any atom is -0.258 e. The molecule has 120 valence electrons. The Kier molecular flexibility index (Phi) is 4.85. The summed E-state index contributed by atoms with van der Waals surface area (Å²) in [6, 6.07) is 11.0. The van der Waals surface area contributed by atoms with Gasteiger partial charge in [-0.3, -0.25) is 10.1 Å². The number of hydrogen-bond acceptors (Lipinski definition) is 4. The molecule has 0 saturated heterocycles. The Morgan fingerprint density at radius 3 is 2.33 bits per heavy atom. The molecule has 0 aliphatic carbocycles. The molecule has 24 heavy (non-hydrogen) atoms. The normalized spacial score (nSPS) is 10.3. The average molecular weight is 340 g/mol. The summed E-state index contributed by atoms with van der Waals surface area (Å²) in [5.74, 6) is 2.42. The van der Waals surface area contributed by atoms with Crippen LogP contribution in [-0.4, -0.2) is 13.3 Å². The molecule has 2 aromatic rings. The quantitative estimate of drug-likeness (QED) is 0.362. The number of para-hydroxylation sites is 1. The van der Waals surface area contributed by atoms with Crippen molar-refractivity contribution in [1.82, 2.24) is 0 Å². The number of sulfonamides is 1. The third kappa shape index (κ3) is 3.20. The first-order valence-electron chi connectivity index (χ1n) is 6.62. The molecule has 0 fully saturated rings. The standard InChI is InChI=1S/C17H12N2O4S/c1-3-13-18(17-8-6-5-7-14(17)4-2)24(22,23)16-11-9-15(10-12-16)19(20)21/h2,5-13H,1H2. The topological polar surface area (TPSA) is 80.5 Å². The summed E-state index contributed by atoms with van der Waals surface area (Å²) in [5.41, 5.74) is 2.84. The second-order valence-electron chi connectivity index (χ2n) is 4.55. The first-order chi connectivity index (χ1) is 11.4. The molecule has 0 saturated carbocycles. The predicted octanol–water partition coefficient (Wildman–Crippen LogP) is 3.07. The molecule has 0 N–H and O–H groups in total. The van der Waals surface area contributed by atoms with Crippen molar-refractivity contribution in [2.45, 2.75) is 4.90 Å². The van der Waals surface area contributed by atoms with Crippen LogP contribution >= 0.6 is 0 Å². The number of hydrogen-bond donors (Lipinski definition) is 0. The van der Waals surface area contributed by atoms with Gasteiger partial charge in [-0.1, -0.05) is 24.6 Å². The van der Waals surface area contributed by atoms with Crippen molar-refractivity contribution in [3.8, 4) is 12.3 Å². The molecular weight excluding hydrogens is 328 g/mol. The fourth-order valence-electron chi connectivity index (χ4n) is 1.99. The lowest BCUT2D eigenvalue weighted by Crippen LogP contribution is -2.26. The van der Waals surface area contributed by atoms with Gasteiger partial charge in [0, 0.05) is 17.7 Å². The van der Waals surface area contributed by atoms with Crippen LogP contribution in [-0.2, 0) is 10.0 Å². The number of benzene rings is 2. The molecule has 0 amide bonds. The van der Waals surface area contributed by atoms with Gasteiger partial charge in [0.25, 0.3) is 15.7 Å². The van der Waals surface area contributed by atoms with Gasteiger partial charge in [0.05, 0.1) is 21.7 Å². The summed E-state index contributed by atoms with van der Waals surface area (Å²) in [4.78, 5) is 9.98. The van der Waals surface area contributed by atoms with Crippen LogP contribution in [0.4, 0.5) is 11.4 Å². The molecule has 0 heterocycles. The van der Waals surface area contributed by atoms with E-state index in [9.17, 15) is 18.5 Å². The summed E-state index contributed by atoms with van der Waals surface area (Å²) in [6.45, 7) is 3.40. The van der Waals surface area contributed by atoms with Crippen LogP contribution in [0.3, 0.4) is 0 Å². The summed E-state index contributed by atoms with van der Waals surface area (Å²) >= 11 is 0. The van der Waals surface area contributed by atoms with E-state index < -0.39 is 14.9 Å². The Balaban J connectivity index is 2.60. The molecule has 0 radical (unpaired) electrons. The fraction of sp³-hybridized carbons (Fsp3) is 0. The van der Waals surface area contributed by atoms with E-state index in [-0.39, 0.29) is 16.3 Å². The van der Waals surface area contributed by atoms with Crippen molar-refractivity contribution in [3.05, 3.63) is 82.7 Å². The summed E-state index contributed by atoms with van der Waals surface area (Å²) in [6.07, 6.45) is 6.57. The molecule has 0 aliphatic heterocycles. The zero-order chi connectivity index (χ0) is 17.7. The number of anilines is 1. The predicted molar refractivity (Wildman–Crippen MR) is 90.8 cm³/mol. The molecule has 0 aromatic heterocycles. The van der Waals surface area contributed by atoms with E-state index in [4.69, 9.17) is 6.42 Å². The van der Waals surface area contributed by atoms with Crippen LogP contribution < -0.4 is 4.31 Å². The zero-order valence-electron chi connectivity index (χ0n) is 12.4. The highest BCUT2D eigenvalue weighted by molar-refractivity contribution is 7.93. The van der Waals surface area contributed by atoms with Crippen molar-refractivity contribution in [2.24, 2.45) is 0 Å². The summed E-state index contributed by atoms with van der Waals surface area (Å²) < 4.78 is 26.7. The van der Waals surface area contributed by atoms with Crippen molar-refractivity contribution in [2.75, 3.05) is 4.31 Å². The molecule has 2 aromatic carbocycles. The van der Waals surface area contributed by atoms with Gasteiger partial charge in [-0.05, 0) is 24.3 Å². The number of non-ortho nitro benzene ring substituents is 1. The average Bonchev–Trinajstić information content (AvgIpc) is 2.59. The molecule has 0 aliphatic rings. The number of terminal acetylenes is 1. The van der Waals surface area contributed by atoms with Gasteiger partial charge in [0.2, 0.25) is 0 Å². The highest BCUT2D eigenvalue weighted by Gasteiger charge is 2.25. The molecule has 7 heteroatoms. The van der Waals surface area contributed by atoms with E-state index in [0.717, 1.165) is 34.8 Å². The Bertz CT molecular complexity index is 966. The number of nitro groups is 1. The number of rotatable bonds is 5. The van der Waals surface area contributed by atoms with Crippen LogP contribution in [0.1, 0.15) is 5.56 Å². The lowest BCUT2D eigenvalue weighted by Gasteiger charge is -2.21. The van der Waals surface area contributed by atoms with Crippen molar-refractivity contribution in [3.63, 3.8) is 0 Å². The Labute approximate surface area is 139 Å². The van der Waals surface area contributed by atoms with E-state index in [0.29, 0.717) is 5.56 Å². The molecule has 0 spiro atoms. The third-order valence-electron chi connectivity index (χ3n) is 3.11. The van der Waals surface area contributed by atoms with E-state index in [2.05, 4.69) is 18.2 Å². The first-order valence-corrected chi connectivity index (χ1v) is 8.06. The van der Waals surface area contributed by atoms with Gasteiger partial charge in [-0.2, -0.15) is 0 Å². The van der Waals surface area contributed by atoms with Crippen LogP contribution in [0.5, 0.6) is 0 Å². The van der Waals surface area contributed by atoms with Crippen molar-refractivity contribution < 1.29 is 13.3 Å². The van der Waals surface area contributed by atoms with Crippen LogP contribution in [0.15, 0.2) is 71.9 Å². The highest BCUT2D eigenvalue weighted by Crippen LogP contribution is 2.28. The van der Waals surface area contributed by atoms with Crippen molar-refractivity contribution in [1.29, 1.82) is 0 Å². The minimum absolute atomic E-state index is 0.119. The lowest BCUT2D eigenvalue weighted by atomic mass is 10.2. The van der Waals surface area contributed by atoms with Gasteiger partial charge in [-0.15, -0.1) is 12.2 Å². The number of nitrogens with zero attached hydrogens (tertiary/aromatic N) is 2. The smallest absolute Gasteiger partial charge is 0.258 e. The highest BCUT2D eigenvalue weighted by atomic mass is 32.2. The fourth-order valence-corrected chi connectivity index (χ4v) is 3.33. The van der Waals surface area contributed by atoms with Crippen LogP contribution in [0.2, 0.25) is 0 Å². The van der Waals surface area contributed by atoms with E-state index in [1.807, 2.05) is 0 Å². The molecule has 0 atom stereocenters. The van der Waals surface area contributed by atoms with E-state index >= 15 is 0 Å². The third-order valence-corrected chi connectivity index (χ3v) is 4.80. The van der Waals surface area contributed by atoms with E-state index in [1.54, 1.807) is 24.3 Å². The van der Waals surface area contributed by atoms with Gasteiger partial charge < -0.3 is 0 Å².